The number of carboxylic acids is 1. The zero-order chi connectivity index (χ0) is 14.0. The van der Waals surface area contributed by atoms with E-state index in [1.54, 1.807) is 30.6 Å². The molecule has 0 radical (unpaired) electrons. The van der Waals surface area contributed by atoms with E-state index < -0.39 is 5.97 Å². The fraction of sp³-hybridized carbons (Fsp3) is 0.154. The highest BCUT2D eigenvalue weighted by Crippen LogP contribution is 2.21. The quantitative estimate of drug-likeness (QED) is 0.934. The minimum atomic E-state index is -1.07. The molecule has 6 heteroatoms. The predicted molar refractivity (Wildman–Crippen MR) is 73.0 cm³/mol. The minimum absolute atomic E-state index is 0.0882. The van der Waals surface area contributed by atoms with E-state index in [2.05, 4.69) is 4.98 Å². The van der Waals surface area contributed by atoms with Crippen LogP contribution in [0.1, 0.15) is 25.9 Å². The molecule has 0 aliphatic heterocycles. The van der Waals surface area contributed by atoms with E-state index in [0.29, 0.717) is 11.4 Å². The molecule has 0 fully saturated rings. The fourth-order valence-corrected chi connectivity index (χ4v) is 2.28. The summed E-state index contributed by atoms with van der Waals surface area (Å²) in [7, 11) is 1.54. The molecule has 0 atom stereocenters. The van der Waals surface area contributed by atoms with Gasteiger partial charge in [0.25, 0.3) is 5.91 Å². The molecule has 19 heavy (non-hydrogen) atoms. The lowest BCUT2D eigenvalue weighted by molar-refractivity contribution is 0.0697. The topological polar surface area (TPSA) is 70.5 Å². The van der Waals surface area contributed by atoms with E-state index in [-0.39, 0.29) is 11.5 Å². The van der Waals surface area contributed by atoms with Crippen molar-refractivity contribution in [3.05, 3.63) is 45.9 Å². The van der Waals surface area contributed by atoms with Gasteiger partial charge in [0.2, 0.25) is 0 Å². The molecule has 2 aromatic rings. The van der Waals surface area contributed by atoms with Gasteiger partial charge in [0.15, 0.2) is 0 Å². The summed E-state index contributed by atoms with van der Waals surface area (Å²) in [5, 5.41) is 11.6. The molecule has 0 aliphatic carbocycles. The number of para-hydroxylation sites is 1. The summed E-state index contributed by atoms with van der Waals surface area (Å²) in [4.78, 5) is 28.8. The van der Waals surface area contributed by atoms with Gasteiger partial charge >= 0.3 is 5.97 Å². The Morgan fingerprint density at radius 1 is 1.32 bits per heavy atom. The van der Waals surface area contributed by atoms with Crippen molar-refractivity contribution in [3.63, 3.8) is 0 Å². The monoisotopic (exact) mass is 276 g/mol. The van der Waals surface area contributed by atoms with Gasteiger partial charge in [-0.15, -0.1) is 11.3 Å². The van der Waals surface area contributed by atoms with Crippen LogP contribution in [0.5, 0.6) is 0 Å². The second-order valence-corrected chi connectivity index (χ2v) is 5.00. The van der Waals surface area contributed by atoms with Crippen molar-refractivity contribution in [2.45, 2.75) is 6.92 Å². The molecular weight excluding hydrogens is 264 g/mol. The molecule has 1 heterocycles. The third-order valence-electron chi connectivity index (χ3n) is 2.64. The van der Waals surface area contributed by atoms with Crippen LogP contribution in [0.4, 0.5) is 5.69 Å². The molecule has 0 spiro atoms. The maximum absolute atomic E-state index is 12.2. The zero-order valence-electron chi connectivity index (χ0n) is 10.5. The third-order valence-corrected chi connectivity index (χ3v) is 3.41. The first-order chi connectivity index (χ1) is 9.00. The van der Waals surface area contributed by atoms with Crippen molar-refractivity contribution < 1.29 is 14.7 Å². The van der Waals surface area contributed by atoms with Gasteiger partial charge in [-0.25, -0.2) is 9.78 Å². The van der Waals surface area contributed by atoms with Gasteiger partial charge in [0.05, 0.1) is 16.3 Å². The number of carboxylic acid groups (broad SMARTS) is 1. The molecule has 1 amide bonds. The second kappa shape index (κ2) is 5.19. The third kappa shape index (κ3) is 2.63. The highest BCUT2D eigenvalue weighted by atomic mass is 32.1. The number of hydrogen-bond acceptors (Lipinski definition) is 4. The van der Waals surface area contributed by atoms with Crippen molar-refractivity contribution in [3.8, 4) is 0 Å². The van der Waals surface area contributed by atoms with Gasteiger partial charge < -0.3 is 10.0 Å². The molecule has 2 rings (SSSR count). The Kier molecular flexibility index (Phi) is 3.62. The SMILES string of the molecule is Cc1nc(C(=O)N(C)c2ccccc2C(=O)O)cs1. The summed E-state index contributed by atoms with van der Waals surface area (Å²) in [5.41, 5.74) is 0.765. The Hall–Kier alpha value is -2.21. The summed E-state index contributed by atoms with van der Waals surface area (Å²) in [6.07, 6.45) is 0. The van der Waals surface area contributed by atoms with Crippen molar-refractivity contribution in [1.29, 1.82) is 0 Å². The molecule has 1 N–H and O–H groups in total. The van der Waals surface area contributed by atoms with Crippen molar-refractivity contribution >= 4 is 28.9 Å². The summed E-state index contributed by atoms with van der Waals surface area (Å²) in [6, 6.07) is 6.38. The van der Waals surface area contributed by atoms with E-state index in [1.165, 1.54) is 22.3 Å². The summed E-state index contributed by atoms with van der Waals surface area (Å²) in [5.74, 6) is -1.39. The number of nitrogens with zero attached hydrogens (tertiary/aromatic N) is 2. The Bertz CT molecular complexity index is 636. The predicted octanol–water partition coefficient (Wildman–Crippen LogP) is 2.43. The summed E-state index contributed by atoms with van der Waals surface area (Å²) >= 11 is 1.38. The highest BCUT2D eigenvalue weighted by Gasteiger charge is 2.20. The van der Waals surface area contributed by atoms with Crippen LogP contribution in [0.25, 0.3) is 0 Å². The van der Waals surface area contributed by atoms with E-state index in [0.717, 1.165) is 5.01 Å². The first-order valence-corrected chi connectivity index (χ1v) is 6.41. The number of anilines is 1. The molecule has 0 bridgehead atoms. The lowest BCUT2D eigenvalue weighted by atomic mass is 10.1. The van der Waals surface area contributed by atoms with Crippen molar-refractivity contribution in [2.24, 2.45) is 0 Å². The van der Waals surface area contributed by atoms with E-state index in [1.807, 2.05) is 6.92 Å². The lowest BCUT2D eigenvalue weighted by Crippen LogP contribution is -2.28. The van der Waals surface area contributed by atoms with Crippen LogP contribution in [-0.2, 0) is 0 Å². The smallest absolute Gasteiger partial charge is 0.337 e. The molecule has 98 valence electrons. The Labute approximate surface area is 114 Å². The van der Waals surface area contributed by atoms with E-state index in [9.17, 15) is 9.59 Å². The fourth-order valence-electron chi connectivity index (χ4n) is 1.69. The molecule has 0 unspecified atom stereocenters. The molecule has 0 aliphatic rings. The minimum Gasteiger partial charge on any atom is -0.478 e. The Morgan fingerprint density at radius 2 is 2.00 bits per heavy atom. The molecule has 0 saturated carbocycles. The van der Waals surface area contributed by atoms with Crippen LogP contribution in [0, 0.1) is 6.92 Å². The van der Waals surface area contributed by atoms with Gasteiger partial charge in [-0.1, -0.05) is 12.1 Å². The van der Waals surface area contributed by atoms with Gasteiger partial charge in [-0.3, -0.25) is 4.79 Å². The number of carbonyl (C=O) groups is 2. The van der Waals surface area contributed by atoms with Crippen LogP contribution in [0.15, 0.2) is 29.6 Å². The number of hydrogen-bond donors (Lipinski definition) is 1. The molecule has 1 aromatic carbocycles. The first kappa shape index (κ1) is 13.2. The van der Waals surface area contributed by atoms with Crippen LogP contribution in [0.3, 0.4) is 0 Å². The number of benzene rings is 1. The normalized spacial score (nSPS) is 10.2. The maximum atomic E-state index is 12.2. The number of aryl methyl sites for hydroxylation is 1. The Morgan fingerprint density at radius 3 is 2.58 bits per heavy atom. The molecular formula is C13H12N2O3S. The number of aromatic nitrogens is 1. The molecule has 1 aromatic heterocycles. The number of carbonyl (C=O) groups excluding carboxylic acids is 1. The second-order valence-electron chi connectivity index (χ2n) is 3.94. The Balaban J connectivity index is 2.37. The first-order valence-electron chi connectivity index (χ1n) is 5.53. The van der Waals surface area contributed by atoms with Gasteiger partial charge in [0, 0.05) is 12.4 Å². The van der Waals surface area contributed by atoms with Crippen LogP contribution in [-0.4, -0.2) is 29.0 Å². The largest absolute Gasteiger partial charge is 0.478 e. The van der Waals surface area contributed by atoms with Crippen molar-refractivity contribution in [2.75, 3.05) is 11.9 Å². The highest BCUT2D eigenvalue weighted by molar-refractivity contribution is 7.09. The van der Waals surface area contributed by atoms with E-state index >= 15 is 0 Å². The zero-order valence-corrected chi connectivity index (χ0v) is 11.3. The van der Waals surface area contributed by atoms with Crippen LogP contribution in [0.2, 0.25) is 0 Å². The number of aromatic carboxylic acids is 1. The standard InChI is InChI=1S/C13H12N2O3S/c1-8-14-10(7-19-8)12(16)15(2)11-6-4-3-5-9(11)13(17)18/h3-7H,1-2H3,(H,17,18). The number of amides is 1. The molecule has 5 nitrogen and oxygen atoms in total. The molecule has 0 saturated heterocycles. The number of thiazole rings is 1. The van der Waals surface area contributed by atoms with Crippen LogP contribution >= 0.6 is 11.3 Å². The van der Waals surface area contributed by atoms with Crippen molar-refractivity contribution in [1.82, 2.24) is 4.98 Å². The van der Waals surface area contributed by atoms with Gasteiger partial charge in [0.1, 0.15) is 5.69 Å². The van der Waals surface area contributed by atoms with Gasteiger partial charge in [-0.2, -0.15) is 0 Å². The lowest BCUT2D eigenvalue weighted by Gasteiger charge is -2.18. The van der Waals surface area contributed by atoms with Gasteiger partial charge in [-0.05, 0) is 19.1 Å². The average Bonchev–Trinajstić information content (AvgIpc) is 2.83. The summed E-state index contributed by atoms with van der Waals surface area (Å²) in [6.45, 7) is 1.81. The number of rotatable bonds is 3. The van der Waals surface area contributed by atoms with E-state index in [4.69, 9.17) is 5.11 Å². The maximum Gasteiger partial charge on any atom is 0.337 e. The average molecular weight is 276 g/mol. The van der Waals surface area contributed by atoms with Crippen LogP contribution < -0.4 is 4.90 Å². The summed E-state index contributed by atoms with van der Waals surface area (Å²) < 4.78 is 0.